The summed E-state index contributed by atoms with van der Waals surface area (Å²) in [7, 11) is 0. The SMILES string of the molecule is CCc1nc(C2=C(N)CN(C(=O)c3ccc(F)cc3O[C@@H]3C[C@H]4N5[C@@H](CC35C)C[C@@]4(C)O)C2)nc(C)c1Cl. The molecule has 3 N–H and O–H groups in total. The summed E-state index contributed by atoms with van der Waals surface area (Å²) in [5, 5.41) is 11.5. The molecule has 4 aliphatic heterocycles. The molecule has 0 radical (unpaired) electrons. The lowest BCUT2D eigenvalue weighted by Gasteiger charge is -2.53. The van der Waals surface area contributed by atoms with E-state index in [0.717, 1.165) is 18.5 Å². The van der Waals surface area contributed by atoms with E-state index >= 15 is 0 Å². The van der Waals surface area contributed by atoms with Crippen LogP contribution in [0.3, 0.4) is 0 Å². The number of carbonyl (C=O) groups is 1. The van der Waals surface area contributed by atoms with Crippen molar-refractivity contribution in [2.45, 2.75) is 82.7 Å². The van der Waals surface area contributed by atoms with Crippen molar-refractivity contribution in [3.63, 3.8) is 0 Å². The van der Waals surface area contributed by atoms with Crippen molar-refractivity contribution in [2.24, 2.45) is 5.73 Å². The van der Waals surface area contributed by atoms with Crippen LogP contribution >= 0.6 is 11.6 Å². The molecule has 1 unspecified atom stereocenters. The first-order valence-electron chi connectivity index (χ1n) is 13.2. The minimum Gasteiger partial charge on any atom is -0.487 e. The van der Waals surface area contributed by atoms with Crippen molar-refractivity contribution < 1.29 is 19.0 Å². The molecule has 38 heavy (non-hydrogen) atoms. The van der Waals surface area contributed by atoms with Gasteiger partial charge in [-0.2, -0.15) is 0 Å². The summed E-state index contributed by atoms with van der Waals surface area (Å²) in [5.74, 6) is -0.0976. The Labute approximate surface area is 226 Å². The largest absolute Gasteiger partial charge is 0.487 e. The van der Waals surface area contributed by atoms with Gasteiger partial charge in [0.2, 0.25) is 0 Å². The van der Waals surface area contributed by atoms with Crippen LogP contribution in [0.5, 0.6) is 5.75 Å². The minimum absolute atomic E-state index is 0.00931. The van der Waals surface area contributed by atoms with Crippen molar-refractivity contribution >= 4 is 23.1 Å². The Morgan fingerprint density at radius 1 is 1.29 bits per heavy atom. The molecule has 6 rings (SSSR count). The number of aromatic nitrogens is 2. The summed E-state index contributed by atoms with van der Waals surface area (Å²) in [6.07, 6.45) is 2.67. The van der Waals surface area contributed by atoms with E-state index in [1.807, 2.05) is 20.8 Å². The average Bonchev–Trinajstić information content (AvgIpc) is 3.42. The number of aliphatic hydroxyl groups is 1. The normalized spacial score (nSPS) is 32.1. The Hall–Kier alpha value is -2.75. The van der Waals surface area contributed by atoms with Gasteiger partial charge in [0.25, 0.3) is 5.91 Å². The second-order valence-corrected chi connectivity index (χ2v) is 12.0. The predicted octanol–water partition coefficient (Wildman–Crippen LogP) is 3.47. The molecule has 1 aromatic heterocycles. The Kier molecular flexibility index (Phi) is 5.79. The average molecular weight is 542 g/mol. The first kappa shape index (κ1) is 25.5. The predicted molar refractivity (Wildman–Crippen MR) is 141 cm³/mol. The van der Waals surface area contributed by atoms with E-state index in [-0.39, 0.29) is 48.0 Å². The highest BCUT2D eigenvalue weighted by Crippen LogP contribution is 2.58. The summed E-state index contributed by atoms with van der Waals surface area (Å²) in [4.78, 5) is 26.8. The molecule has 5 heterocycles. The zero-order valence-corrected chi connectivity index (χ0v) is 22.8. The van der Waals surface area contributed by atoms with Crippen LogP contribution in [0.2, 0.25) is 5.02 Å². The van der Waals surface area contributed by atoms with Gasteiger partial charge < -0.3 is 20.5 Å². The van der Waals surface area contributed by atoms with E-state index in [4.69, 9.17) is 22.1 Å². The molecule has 3 fully saturated rings. The number of nitrogens with zero attached hydrogens (tertiary/aromatic N) is 4. The molecule has 0 aliphatic carbocycles. The highest BCUT2D eigenvalue weighted by atomic mass is 35.5. The topological polar surface area (TPSA) is 105 Å². The molecule has 1 aromatic carbocycles. The van der Waals surface area contributed by atoms with Gasteiger partial charge in [0.15, 0.2) is 5.82 Å². The first-order chi connectivity index (χ1) is 17.9. The zero-order valence-electron chi connectivity index (χ0n) is 22.1. The fraction of sp³-hybridized carbons (Fsp3) is 0.536. The van der Waals surface area contributed by atoms with Crippen molar-refractivity contribution in [2.75, 3.05) is 13.1 Å². The number of benzene rings is 1. The van der Waals surface area contributed by atoms with E-state index in [2.05, 4.69) is 21.8 Å². The minimum atomic E-state index is -0.782. The number of nitrogens with two attached hydrogens (primary N) is 1. The monoisotopic (exact) mass is 541 g/mol. The lowest BCUT2D eigenvalue weighted by atomic mass is 9.76. The van der Waals surface area contributed by atoms with Crippen LogP contribution in [0.25, 0.3) is 5.57 Å². The summed E-state index contributed by atoms with van der Waals surface area (Å²) in [5.41, 5.74) is 8.20. The van der Waals surface area contributed by atoms with E-state index in [0.29, 0.717) is 46.7 Å². The molecule has 0 bridgehead atoms. The Morgan fingerprint density at radius 2 is 2.05 bits per heavy atom. The van der Waals surface area contributed by atoms with Crippen LogP contribution in [0.4, 0.5) is 4.39 Å². The van der Waals surface area contributed by atoms with Crippen LogP contribution < -0.4 is 10.5 Å². The molecule has 0 spiro atoms. The number of halogens is 2. The molecular weight excluding hydrogens is 509 g/mol. The second kappa shape index (κ2) is 8.63. The molecule has 1 amide bonds. The standard InChI is InChI=1S/C28H33ClFN5O3/c1-5-20-24(29)14(2)32-25(33-20)18-12-34(13-19(18)31)26(36)17-7-6-15(30)8-21(17)38-23-9-22-28(4,37)11-16-10-27(23,3)35(16)22/h6-8,16,22-23,37H,5,9-13,31H2,1-4H3/t16-,22+,23+,27?,28+/m0/s1. The maximum absolute atomic E-state index is 14.4. The molecule has 202 valence electrons. The Morgan fingerprint density at radius 3 is 2.76 bits per heavy atom. The zero-order chi connectivity index (χ0) is 27.1. The van der Waals surface area contributed by atoms with Gasteiger partial charge in [0.1, 0.15) is 17.7 Å². The third kappa shape index (κ3) is 3.73. The quantitative estimate of drug-likeness (QED) is 0.597. The maximum Gasteiger partial charge on any atom is 0.258 e. The Balaban J connectivity index is 1.24. The molecular formula is C28H33ClFN5O3. The number of hydrogen-bond acceptors (Lipinski definition) is 7. The van der Waals surface area contributed by atoms with E-state index < -0.39 is 11.4 Å². The summed E-state index contributed by atoms with van der Waals surface area (Å²) < 4.78 is 20.8. The van der Waals surface area contributed by atoms with Gasteiger partial charge in [-0.3, -0.25) is 9.69 Å². The summed E-state index contributed by atoms with van der Waals surface area (Å²) >= 11 is 6.34. The number of ether oxygens (including phenoxy) is 1. The number of aryl methyl sites for hydroxylation is 2. The third-order valence-electron chi connectivity index (χ3n) is 8.98. The number of rotatable bonds is 5. The fourth-order valence-electron chi connectivity index (χ4n) is 7.07. The van der Waals surface area contributed by atoms with Crippen molar-refractivity contribution in [1.29, 1.82) is 0 Å². The van der Waals surface area contributed by atoms with Gasteiger partial charge in [-0.25, -0.2) is 14.4 Å². The number of carbonyl (C=O) groups excluding carboxylic acids is 1. The highest BCUT2D eigenvalue weighted by molar-refractivity contribution is 6.31. The smallest absolute Gasteiger partial charge is 0.258 e. The summed E-state index contributed by atoms with van der Waals surface area (Å²) in [6.45, 7) is 8.24. The molecule has 4 aliphatic rings. The molecule has 2 aromatic rings. The third-order valence-corrected chi connectivity index (χ3v) is 9.48. The molecule has 8 nitrogen and oxygen atoms in total. The lowest BCUT2D eigenvalue weighted by Crippen LogP contribution is -2.64. The molecule has 3 saturated heterocycles. The van der Waals surface area contributed by atoms with E-state index in [1.54, 1.807) is 4.90 Å². The second-order valence-electron chi connectivity index (χ2n) is 11.6. The van der Waals surface area contributed by atoms with Crippen molar-refractivity contribution in [3.8, 4) is 5.75 Å². The first-order valence-corrected chi connectivity index (χ1v) is 13.6. The van der Waals surface area contributed by atoms with E-state index in [9.17, 15) is 14.3 Å². The van der Waals surface area contributed by atoms with Crippen LogP contribution in [0.1, 0.15) is 67.6 Å². The highest BCUT2D eigenvalue weighted by Gasteiger charge is 2.69. The van der Waals surface area contributed by atoms with Crippen LogP contribution in [0.15, 0.2) is 23.9 Å². The van der Waals surface area contributed by atoms with Gasteiger partial charge in [-0.05, 0) is 52.2 Å². The van der Waals surface area contributed by atoms with Gasteiger partial charge in [0.05, 0.1) is 46.2 Å². The molecule has 10 heteroatoms. The maximum atomic E-state index is 14.4. The van der Waals surface area contributed by atoms with Crippen LogP contribution in [-0.4, -0.2) is 73.2 Å². The van der Waals surface area contributed by atoms with Gasteiger partial charge >= 0.3 is 0 Å². The van der Waals surface area contributed by atoms with E-state index in [1.165, 1.54) is 18.2 Å². The summed E-state index contributed by atoms with van der Waals surface area (Å²) in [6, 6.07) is 4.35. The lowest BCUT2D eigenvalue weighted by molar-refractivity contribution is -0.0669. The van der Waals surface area contributed by atoms with Gasteiger partial charge in [0, 0.05) is 35.8 Å². The van der Waals surface area contributed by atoms with Crippen molar-refractivity contribution in [3.05, 3.63) is 57.5 Å². The Bertz CT molecular complexity index is 1380. The van der Waals surface area contributed by atoms with Crippen LogP contribution in [-0.2, 0) is 6.42 Å². The van der Waals surface area contributed by atoms with Crippen molar-refractivity contribution in [1.82, 2.24) is 19.8 Å². The van der Waals surface area contributed by atoms with Gasteiger partial charge in [-0.1, -0.05) is 18.5 Å². The fourth-order valence-corrected chi connectivity index (χ4v) is 7.28. The van der Waals surface area contributed by atoms with Crippen LogP contribution in [0, 0.1) is 12.7 Å². The number of hydrogen-bond donors (Lipinski definition) is 2. The number of amides is 1. The molecule has 0 saturated carbocycles. The molecule has 5 atom stereocenters. The van der Waals surface area contributed by atoms with Gasteiger partial charge in [-0.15, -0.1) is 0 Å².